The molecule has 1 aromatic rings. The maximum atomic E-state index is 14.9. The van der Waals surface area contributed by atoms with Crippen LogP contribution in [0.4, 0.5) is 4.39 Å². The van der Waals surface area contributed by atoms with Crippen molar-refractivity contribution in [1.82, 2.24) is 4.57 Å². The molecule has 0 aliphatic carbocycles. The molecule has 2 fully saturated rings. The van der Waals surface area contributed by atoms with Gasteiger partial charge in [-0.05, 0) is 38.9 Å². The molecule has 173 valence electrons. The highest BCUT2D eigenvalue weighted by molar-refractivity contribution is 6.74. The van der Waals surface area contributed by atoms with Crippen LogP contribution in [0.15, 0.2) is 11.2 Å². The quantitative estimate of drug-likeness (QED) is 0.387. The molecule has 0 spiro atoms. The van der Waals surface area contributed by atoms with E-state index in [0.717, 1.165) is 0 Å². The van der Waals surface area contributed by atoms with Gasteiger partial charge in [-0.25, -0.2) is 4.39 Å². The van der Waals surface area contributed by atoms with Gasteiger partial charge in [-0.15, -0.1) is 6.42 Å². The first kappa shape index (κ1) is 25.0. The van der Waals surface area contributed by atoms with E-state index in [1.54, 1.807) is 11.5 Å². The monoisotopic (exact) mass is 457 g/mol. The van der Waals surface area contributed by atoms with Crippen LogP contribution < -0.4 is 10.6 Å². The van der Waals surface area contributed by atoms with Crippen molar-refractivity contribution in [1.29, 1.82) is 0 Å². The molecule has 32 heavy (non-hydrogen) atoms. The molecule has 1 radical (unpaired) electrons. The second-order valence-corrected chi connectivity index (χ2v) is 15.6. The van der Waals surface area contributed by atoms with Crippen molar-refractivity contribution in [2.45, 2.75) is 89.4 Å². The molecule has 0 bridgehead atoms. The minimum atomic E-state index is -1.96. The van der Waals surface area contributed by atoms with Crippen LogP contribution >= 0.6 is 0 Å². The number of aliphatic imine (C=N–C) groups is 1. The fourth-order valence-corrected chi connectivity index (χ4v) is 5.19. The van der Waals surface area contributed by atoms with Crippen molar-refractivity contribution >= 4 is 34.1 Å². The van der Waals surface area contributed by atoms with Crippen LogP contribution in [-0.2, 0) is 13.9 Å². The number of halogens is 1. The van der Waals surface area contributed by atoms with Gasteiger partial charge < -0.3 is 18.5 Å². The molecule has 0 N–H and O–H groups in total. The molecule has 3 heterocycles. The molecule has 0 aromatic carbocycles. The number of aromatic nitrogens is 1. The Hall–Kier alpha value is -1.66. The Morgan fingerprint density at radius 3 is 2.72 bits per heavy atom. The Balaban J connectivity index is 1.95. The highest BCUT2D eigenvalue weighted by atomic mass is 28.4. The average molecular weight is 457 g/mol. The van der Waals surface area contributed by atoms with Gasteiger partial charge in [-0.2, -0.15) is 0 Å². The number of ether oxygens (including phenoxy) is 2. The lowest BCUT2D eigenvalue weighted by molar-refractivity contribution is -0.0811. The smallest absolute Gasteiger partial charge is 0.192 e. The SMILES string of the molecule is C#CC=N/C(C)=c1/c(F)cn([C@@H]2O[C@H](CO[Si](C)(C)C(C)(C)C)[C@H]3OC(C)(C)[B][C@H]32)c1=C. The van der Waals surface area contributed by atoms with Crippen LogP contribution in [0, 0.1) is 18.2 Å². The highest BCUT2D eigenvalue weighted by Gasteiger charge is 2.55. The number of terminal acetylenes is 1. The van der Waals surface area contributed by atoms with Crippen molar-refractivity contribution in [3.05, 3.63) is 22.6 Å². The predicted octanol–water partition coefficient (Wildman–Crippen LogP) is 3.42. The van der Waals surface area contributed by atoms with E-state index in [9.17, 15) is 4.39 Å². The molecule has 2 saturated heterocycles. The Morgan fingerprint density at radius 2 is 2.12 bits per heavy atom. The fraction of sp³-hybridized carbons (Fsp3) is 0.625. The summed E-state index contributed by atoms with van der Waals surface area (Å²) in [7, 11) is 0.194. The number of nitrogens with zero attached hydrogens (tertiary/aromatic N) is 2. The van der Waals surface area contributed by atoms with Gasteiger partial charge in [0.2, 0.25) is 0 Å². The fourth-order valence-electron chi connectivity index (χ4n) is 4.17. The van der Waals surface area contributed by atoms with Gasteiger partial charge in [0.1, 0.15) is 12.3 Å². The van der Waals surface area contributed by atoms with Gasteiger partial charge >= 0.3 is 0 Å². The van der Waals surface area contributed by atoms with Crippen molar-refractivity contribution in [3.8, 4) is 12.3 Å². The van der Waals surface area contributed by atoms with E-state index >= 15 is 0 Å². The summed E-state index contributed by atoms with van der Waals surface area (Å²) >= 11 is 0. The molecule has 5 nitrogen and oxygen atoms in total. The zero-order valence-electron chi connectivity index (χ0n) is 20.5. The first-order chi connectivity index (χ1) is 14.7. The molecular formula is C24H35BFN2O3Si. The van der Waals surface area contributed by atoms with E-state index in [2.05, 4.69) is 58.6 Å². The molecule has 2 aliphatic rings. The topological polar surface area (TPSA) is 45.0 Å². The first-order valence-corrected chi connectivity index (χ1v) is 14.0. The van der Waals surface area contributed by atoms with E-state index in [1.807, 2.05) is 13.8 Å². The summed E-state index contributed by atoms with van der Waals surface area (Å²) in [5, 5.41) is 0.940. The van der Waals surface area contributed by atoms with Gasteiger partial charge in [0.05, 0.1) is 29.8 Å². The van der Waals surface area contributed by atoms with E-state index < -0.39 is 25.9 Å². The minimum absolute atomic E-state index is 0.0484. The summed E-state index contributed by atoms with van der Waals surface area (Å²) in [4.78, 5) is 4.13. The van der Waals surface area contributed by atoms with Crippen LogP contribution in [0.25, 0.3) is 12.3 Å². The number of rotatable bonds is 5. The summed E-state index contributed by atoms with van der Waals surface area (Å²) in [6, 6.07) is 0. The first-order valence-electron chi connectivity index (χ1n) is 11.1. The maximum Gasteiger partial charge on any atom is 0.192 e. The molecule has 1 aromatic heterocycles. The van der Waals surface area contributed by atoms with Gasteiger partial charge in [0.15, 0.2) is 21.4 Å². The standard InChI is InChI=1S/C24H35BFN2O3Si/c1-11-12-27-15(2)19-16(3)28(13-17(19)26)22-20-21(31-24(7,8)25-20)18(30-22)14-29-32(9,10)23(4,5)6/h1,12-13,18,20-22H,3,14H2,2,4-10H3/b19-15+,27-12?/t18-,20-,21-,22-/m1/s1. The lowest BCUT2D eigenvalue weighted by atomic mass is 9.54. The third-order valence-corrected chi connectivity index (χ3v) is 11.4. The van der Waals surface area contributed by atoms with E-state index in [1.165, 1.54) is 12.4 Å². The zero-order chi connectivity index (χ0) is 24.1. The summed E-state index contributed by atoms with van der Waals surface area (Å²) in [6.45, 7) is 21.4. The van der Waals surface area contributed by atoms with Crippen molar-refractivity contribution in [2.24, 2.45) is 4.99 Å². The summed E-state index contributed by atoms with van der Waals surface area (Å²) in [5.41, 5.74) is 0.0743. The summed E-state index contributed by atoms with van der Waals surface area (Å²) in [5.74, 6) is 1.88. The van der Waals surface area contributed by atoms with Gasteiger partial charge in [0.25, 0.3) is 0 Å². The van der Waals surface area contributed by atoms with E-state index in [0.29, 0.717) is 22.9 Å². The van der Waals surface area contributed by atoms with Crippen molar-refractivity contribution in [2.75, 3.05) is 6.61 Å². The van der Waals surface area contributed by atoms with Crippen molar-refractivity contribution in [3.63, 3.8) is 0 Å². The Morgan fingerprint density at radius 1 is 1.47 bits per heavy atom. The van der Waals surface area contributed by atoms with Crippen LogP contribution in [0.3, 0.4) is 0 Å². The minimum Gasteiger partial charge on any atom is -0.414 e. The summed E-state index contributed by atoms with van der Waals surface area (Å²) < 4.78 is 35.9. The number of hydrogen-bond acceptors (Lipinski definition) is 4. The second kappa shape index (κ2) is 8.60. The Kier molecular flexibility index (Phi) is 6.71. The third kappa shape index (κ3) is 4.67. The van der Waals surface area contributed by atoms with Gasteiger partial charge in [-0.3, -0.25) is 4.99 Å². The highest BCUT2D eigenvalue weighted by Crippen LogP contribution is 2.48. The van der Waals surface area contributed by atoms with Crippen LogP contribution in [-0.4, -0.2) is 50.7 Å². The average Bonchev–Trinajstić information content (AvgIpc) is 3.25. The molecule has 3 rings (SSSR count). The molecule has 0 amide bonds. The summed E-state index contributed by atoms with van der Waals surface area (Å²) in [6.07, 6.45) is 7.13. The maximum absolute atomic E-state index is 14.9. The Labute approximate surface area is 193 Å². The largest absolute Gasteiger partial charge is 0.414 e. The predicted molar refractivity (Wildman–Crippen MR) is 131 cm³/mol. The molecule has 2 aliphatic heterocycles. The molecule has 0 unspecified atom stereocenters. The van der Waals surface area contributed by atoms with Crippen LogP contribution in [0.5, 0.6) is 0 Å². The van der Waals surface area contributed by atoms with E-state index in [-0.39, 0.29) is 23.1 Å². The van der Waals surface area contributed by atoms with E-state index in [4.69, 9.17) is 20.3 Å². The lowest BCUT2D eigenvalue weighted by Crippen LogP contribution is -2.44. The second-order valence-electron chi connectivity index (χ2n) is 10.8. The zero-order valence-corrected chi connectivity index (χ0v) is 21.5. The molecule has 4 atom stereocenters. The Bertz CT molecular complexity index is 1050. The number of hydrogen-bond donors (Lipinski definition) is 0. The lowest BCUT2D eigenvalue weighted by Gasteiger charge is -2.37. The van der Waals surface area contributed by atoms with Gasteiger partial charge in [-0.1, -0.05) is 33.3 Å². The molecule has 8 heteroatoms. The van der Waals surface area contributed by atoms with Crippen LogP contribution in [0.2, 0.25) is 23.9 Å². The number of fused-ring (bicyclic) bond motifs is 1. The van der Waals surface area contributed by atoms with Crippen LogP contribution in [0.1, 0.15) is 47.8 Å². The third-order valence-electron chi connectivity index (χ3n) is 6.90. The molecular weight excluding hydrogens is 422 g/mol. The normalized spacial score (nSPS) is 28.5. The van der Waals surface area contributed by atoms with Crippen molar-refractivity contribution < 1.29 is 18.3 Å². The van der Waals surface area contributed by atoms with Gasteiger partial charge in [0, 0.05) is 22.9 Å². The molecule has 0 saturated carbocycles.